The van der Waals surface area contributed by atoms with Gasteiger partial charge in [0.2, 0.25) is 0 Å². The fourth-order valence-electron chi connectivity index (χ4n) is 1.64. The van der Waals surface area contributed by atoms with Gasteiger partial charge in [-0.05, 0) is 37.6 Å². The van der Waals surface area contributed by atoms with E-state index in [2.05, 4.69) is 46.2 Å². The maximum absolute atomic E-state index is 4.49. The van der Waals surface area contributed by atoms with Gasteiger partial charge >= 0.3 is 0 Å². The molecule has 2 nitrogen and oxygen atoms in total. The first-order valence-electron chi connectivity index (χ1n) is 5.02. The normalized spacial score (nSPS) is 10.6. The second-order valence-electron chi connectivity index (χ2n) is 3.52. The molecule has 1 aromatic heterocycles. The van der Waals surface area contributed by atoms with Gasteiger partial charge in [-0.2, -0.15) is 5.10 Å². The summed E-state index contributed by atoms with van der Waals surface area (Å²) in [6, 6.07) is 10.3. The zero-order chi connectivity index (χ0) is 10.8. The third-order valence-electron chi connectivity index (χ3n) is 2.32. The van der Waals surface area contributed by atoms with Gasteiger partial charge in [-0.15, -0.1) is 0 Å². The van der Waals surface area contributed by atoms with Crippen molar-refractivity contribution >= 4 is 15.9 Å². The van der Waals surface area contributed by atoms with Crippen molar-refractivity contribution in [3.05, 3.63) is 46.2 Å². The summed E-state index contributed by atoms with van der Waals surface area (Å²) in [4.78, 5) is 0. The smallest absolute Gasteiger partial charge is 0.0660 e. The molecule has 0 fully saturated rings. The predicted octanol–water partition coefficient (Wildman–Crippen LogP) is 3.51. The molecule has 0 unspecified atom stereocenters. The maximum atomic E-state index is 4.49. The minimum Gasteiger partial charge on any atom is -0.238 e. The van der Waals surface area contributed by atoms with E-state index < -0.39 is 0 Å². The number of nitrogens with zero attached hydrogens (tertiary/aromatic N) is 2. The van der Waals surface area contributed by atoms with Crippen LogP contribution in [-0.2, 0) is 6.42 Å². The van der Waals surface area contributed by atoms with Crippen LogP contribution in [0.5, 0.6) is 0 Å². The van der Waals surface area contributed by atoms with E-state index in [1.165, 1.54) is 5.69 Å². The summed E-state index contributed by atoms with van der Waals surface area (Å²) < 4.78 is 3.08. The van der Waals surface area contributed by atoms with Crippen molar-refractivity contribution in [2.75, 3.05) is 0 Å². The molecule has 0 aliphatic rings. The zero-order valence-electron chi connectivity index (χ0n) is 8.87. The first-order chi connectivity index (χ1) is 7.20. The Labute approximate surface area is 98.1 Å². The van der Waals surface area contributed by atoms with Crippen LogP contribution in [0.4, 0.5) is 0 Å². The molecule has 0 atom stereocenters. The first kappa shape index (κ1) is 10.4. The van der Waals surface area contributed by atoms with E-state index in [4.69, 9.17) is 0 Å². The molecule has 0 bridgehead atoms. The van der Waals surface area contributed by atoms with E-state index in [9.17, 15) is 0 Å². The molecule has 1 heterocycles. The van der Waals surface area contributed by atoms with Crippen molar-refractivity contribution in [1.82, 2.24) is 9.78 Å². The summed E-state index contributed by atoms with van der Waals surface area (Å²) in [5.41, 5.74) is 3.41. The number of aromatic nitrogens is 2. The van der Waals surface area contributed by atoms with Gasteiger partial charge in [0.1, 0.15) is 0 Å². The van der Waals surface area contributed by atoms with Crippen LogP contribution in [0.15, 0.2) is 34.8 Å². The van der Waals surface area contributed by atoms with Gasteiger partial charge in [-0.3, -0.25) is 0 Å². The summed E-state index contributed by atoms with van der Waals surface area (Å²) in [5, 5.41) is 4.49. The van der Waals surface area contributed by atoms with Gasteiger partial charge in [0.25, 0.3) is 0 Å². The Kier molecular flexibility index (Phi) is 2.91. The van der Waals surface area contributed by atoms with Crippen molar-refractivity contribution in [3.63, 3.8) is 0 Å². The molecule has 78 valence electrons. The van der Waals surface area contributed by atoms with Crippen LogP contribution in [-0.4, -0.2) is 9.78 Å². The standard InChI is InChI=1S/C12H13BrN2/c1-3-11-7-9(2)14-15(11)12-6-4-5-10(13)8-12/h4-8H,3H2,1-2H3. The highest BCUT2D eigenvalue weighted by Gasteiger charge is 2.05. The van der Waals surface area contributed by atoms with E-state index in [0.29, 0.717) is 0 Å². The predicted molar refractivity (Wildman–Crippen MR) is 65.4 cm³/mol. The monoisotopic (exact) mass is 264 g/mol. The second-order valence-corrected chi connectivity index (χ2v) is 4.44. The van der Waals surface area contributed by atoms with Gasteiger partial charge in [0, 0.05) is 10.2 Å². The van der Waals surface area contributed by atoms with E-state index in [0.717, 1.165) is 22.3 Å². The molecule has 2 rings (SSSR count). The number of hydrogen-bond donors (Lipinski definition) is 0. The SMILES string of the molecule is CCc1cc(C)nn1-c1cccc(Br)c1. The number of benzene rings is 1. The zero-order valence-corrected chi connectivity index (χ0v) is 10.5. The van der Waals surface area contributed by atoms with Gasteiger partial charge in [-0.25, -0.2) is 4.68 Å². The average Bonchev–Trinajstić information content (AvgIpc) is 2.59. The first-order valence-corrected chi connectivity index (χ1v) is 5.81. The lowest BCUT2D eigenvalue weighted by atomic mass is 10.3. The number of rotatable bonds is 2. The Morgan fingerprint density at radius 2 is 2.13 bits per heavy atom. The van der Waals surface area contributed by atoms with E-state index >= 15 is 0 Å². The van der Waals surface area contributed by atoms with E-state index in [-0.39, 0.29) is 0 Å². The Balaban J connectivity index is 2.53. The van der Waals surface area contributed by atoms with Crippen molar-refractivity contribution in [3.8, 4) is 5.69 Å². The number of halogens is 1. The van der Waals surface area contributed by atoms with Gasteiger partial charge in [0.05, 0.1) is 11.4 Å². The summed E-state index contributed by atoms with van der Waals surface area (Å²) in [5.74, 6) is 0. The van der Waals surface area contributed by atoms with Crippen LogP contribution in [0, 0.1) is 6.92 Å². The molecule has 0 aliphatic carbocycles. The fourth-order valence-corrected chi connectivity index (χ4v) is 2.02. The molecular weight excluding hydrogens is 252 g/mol. The van der Waals surface area contributed by atoms with Gasteiger partial charge < -0.3 is 0 Å². The fraction of sp³-hybridized carbons (Fsp3) is 0.250. The highest BCUT2D eigenvalue weighted by molar-refractivity contribution is 9.10. The molecule has 0 saturated heterocycles. The maximum Gasteiger partial charge on any atom is 0.0660 e. The average molecular weight is 265 g/mol. The Hall–Kier alpha value is -1.09. The number of aryl methyl sites for hydroxylation is 2. The van der Waals surface area contributed by atoms with Gasteiger partial charge in [-0.1, -0.05) is 28.9 Å². The molecule has 0 aliphatic heterocycles. The lowest BCUT2D eigenvalue weighted by Crippen LogP contribution is -2.00. The van der Waals surface area contributed by atoms with Crippen LogP contribution in [0.2, 0.25) is 0 Å². The molecule has 3 heteroatoms. The summed E-state index contributed by atoms with van der Waals surface area (Å²) in [6.07, 6.45) is 0.993. The van der Waals surface area contributed by atoms with Crippen molar-refractivity contribution < 1.29 is 0 Å². The lowest BCUT2D eigenvalue weighted by Gasteiger charge is -2.05. The van der Waals surface area contributed by atoms with Crippen molar-refractivity contribution in [2.45, 2.75) is 20.3 Å². The molecule has 0 saturated carbocycles. The van der Waals surface area contributed by atoms with Crippen molar-refractivity contribution in [2.24, 2.45) is 0 Å². The molecule has 1 aromatic carbocycles. The minimum atomic E-state index is 0.993. The molecule has 0 N–H and O–H groups in total. The molecule has 0 radical (unpaired) electrons. The molecule has 15 heavy (non-hydrogen) atoms. The largest absolute Gasteiger partial charge is 0.238 e. The summed E-state index contributed by atoms with van der Waals surface area (Å²) >= 11 is 3.47. The third kappa shape index (κ3) is 2.12. The molecule has 0 amide bonds. The highest BCUT2D eigenvalue weighted by atomic mass is 79.9. The quantitative estimate of drug-likeness (QED) is 0.812. The van der Waals surface area contributed by atoms with Crippen LogP contribution < -0.4 is 0 Å². The number of hydrogen-bond acceptors (Lipinski definition) is 1. The van der Waals surface area contributed by atoms with Gasteiger partial charge in [0.15, 0.2) is 0 Å². The van der Waals surface area contributed by atoms with Crippen LogP contribution in [0.3, 0.4) is 0 Å². The Morgan fingerprint density at radius 1 is 1.33 bits per heavy atom. The second kappa shape index (κ2) is 4.19. The van der Waals surface area contributed by atoms with Crippen LogP contribution in [0.1, 0.15) is 18.3 Å². The molecule has 0 spiro atoms. The Bertz CT molecular complexity index is 474. The summed E-state index contributed by atoms with van der Waals surface area (Å²) in [6.45, 7) is 4.17. The summed E-state index contributed by atoms with van der Waals surface area (Å²) in [7, 11) is 0. The van der Waals surface area contributed by atoms with Crippen LogP contribution in [0.25, 0.3) is 5.69 Å². The molecule has 2 aromatic rings. The van der Waals surface area contributed by atoms with Crippen molar-refractivity contribution in [1.29, 1.82) is 0 Å². The van der Waals surface area contributed by atoms with E-state index in [1.807, 2.05) is 23.7 Å². The van der Waals surface area contributed by atoms with Crippen LogP contribution >= 0.6 is 15.9 Å². The third-order valence-corrected chi connectivity index (χ3v) is 2.81. The minimum absolute atomic E-state index is 0.993. The molecular formula is C12H13BrN2. The topological polar surface area (TPSA) is 17.8 Å². The lowest BCUT2D eigenvalue weighted by molar-refractivity contribution is 0.804. The Morgan fingerprint density at radius 3 is 2.80 bits per heavy atom. The van der Waals surface area contributed by atoms with E-state index in [1.54, 1.807) is 0 Å². The highest BCUT2D eigenvalue weighted by Crippen LogP contribution is 2.17.